The smallest absolute Gasteiger partial charge is 0.0781 e. The van der Waals surface area contributed by atoms with Crippen molar-refractivity contribution in [2.45, 2.75) is 71.4 Å². The summed E-state index contributed by atoms with van der Waals surface area (Å²) in [5, 5.41) is 14.9. The Morgan fingerprint density at radius 2 is 1.94 bits per heavy atom. The highest BCUT2D eigenvalue weighted by Gasteiger charge is 2.26. The van der Waals surface area contributed by atoms with Crippen LogP contribution in [-0.4, -0.2) is 21.0 Å². The molecule has 0 amide bonds. The van der Waals surface area contributed by atoms with Gasteiger partial charge in [0.1, 0.15) is 0 Å². The van der Waals surface area contributed by atoms with Crippen LogP contribution in [0.25, 0.3) is 0 Å². The SMILES string of the molecule is CCc1c(C)nn(C2CCCCCC2O)c1C. The Labute approximate surface area is 104 Å². The number of rotatable bonds is 2. The van der Waals surface area contributed by atoms with Crippen LogP contribution in [0, 0.1) is 13.8 Å². The van der Waals surface area contributed by atoms with Gasteiger partial charge >= 0.3 is 0 Å². The third-order valence-electron chi connectivity index (χ3n) is 4.09. The van der Waals surface area contributed by atoms with Gasteiger partial charge in [0.15, 0.2) is 0 Å². The van der Waals surface area contributed by atoms with Gasteiger partial charge in [0.2, 0.25) is 0 Å². The summed E-state index contributed by atoms with van der Waals surface area (Å²) in [6.45, 7) is 6.38. The van der Waals surface area contributed by atoms with Gasteiger partial charge in [0, 0.05) is 5.69 Å². The van der Waals surface area contributed by atoms with E-state index in [0.29, 0.717) is 0 Å². The van der Waals surface area contributed by atoms with E-state index in [1.54, 1.807) is 0 Å². The molecule has 3 nitrogen and oxygen atoms in total. The zero-order chi connectivity index (χ0) is 12.4. The molecule has 0 aliphatic heterocycles. The Morgan fingerprint density at radius 1 is 1.24 bits per heavy atom. The molecule has 1 aliphatic carbocycles. The minimum atomic E-state index is -0.222. The fourth-order valence-corrected chi connectivity index (χ4v) is 3.09. The van der Waals surface area contributed by atoms with Gasteiger partial charge in [-0.25, -0.2) is 0 Å². The standard InChI is InChI=1S/C14H24N2O/c1-4-12-10(2)15-16(11(12)3)13-8-6-5-7-9-14(13)17/h13-14,17H,4-9H2,1-3H3. The first-order valence-electron chi connectivity index (χ1n) is 6.87. The van der Waals surface area contributed by atoms with Crippen LogP contribution in [0.15, 0.2) is 0 Å². The molecule has 0 saturated heterocycles. The van der Waals surface area contributed by atoms with E-state index in [1.165, 1.54) is 24.1 Å². The van der Waals surface area contributed by atoms with Crippen LogP contribution in [0.4, 0.5) is 0 Å². The molecule has 0 bridgehead atoms. The fourth-order valence-electron chi connectivity index (χ4n) is 3.09. The number of hydrogen-bond acceptors (Lipinski definition) is 2. The summed E-state index contributed by atoms with van der Waals surface area (Å²) in [4.78, 5) is 0. The molecular formula is C14H24N2O. The van der Waals surface area contributed by atoms with Crippen molar-refractivity contribution in [1.82, 2.24) is 9.78 Å². The summed E-state index contributed by atoms with van der Waals surface area (Å²) in [7, 11) is 0. The topological polar surface area (TPSA) is 38.0 Å². The second kappa shape index (κ2) is 5.21. The minimum absolute atomic E-state index is 0.191. The molecule has 1 aromatic rings. The summed E-state index contributed by atoms with van der Waals surface area (Å²) in [6, 6.07) is 0.191. The van der Waals surface area contributed by atoms with E-state index < -0.39 is 0 Å². The third kappa shape index (κ3) is 2.39. The average molecular weight is 236 g/mol. The molecule has 1 N–H and O–H groups in total. The van der Waals surface area contributed by atoms with E-state index in [9.17, 15) is 5.11 Å². The molecule has 2 rings (SSSR count). The maximum absolute atomic E-state index is 10.2. The molecule has 0 spiro atoms. The second-order valence-electron chi connectivity index (χ2n) is 5.22. The Morgan fingerprint density at radius 3 is 2.59 bits per heavy atom. The van der Waals surface area contributed by atoms with Crippen LogP contribution in [0.3, 0.4) is 0 Å². The summed E-state index contributed by atoms with van der Waals surface area (Å²) in [5.41, 5.74) is 3.72. The van der Waals surface area contributed by atoms with E-state index in [-0.39, 0.29) is 12.1 Å². The Hall–Kier alpha value is -0.830. The summed E-state index contributed by atoms with van der Waals surface area (Å²) >= 11 is 0. The molecule has 2 unspecified atom stereocenters. The maximum atomic E-state index is 10.2. The lowest BCUT2D eigenvalue weighted by atomic mass is 10.1. The van der Waals surface area contributed by atoms with Crippen LogP contribution >= 0.6 is 0 Å². The molecule has 2 atom stereocenters. The monoisotopic (exact) mass is 236 g/mol. The van der Waals surface area contributed by atoms with Gasteiger partial charge in [-0.05, 0) is 38.7 Å². The van der Waals surface area contributed by atoms with Gasteiger partial charge < -0.3 is 5.11 Å². The van der Waals surface area contributed by atoms with Crippen LogP contribution in [-0.2, 0) is 6.42 Å². The van der Waals surface area contributed by atoms with Crippen LogP contribution < -0.4 is 0 Å². The highest BCUT2D eigenvalue weighted by molar-refractivity contribution is 5.24. The van der Waals surface area contributed by atoms with Crippen LogP contribution in [0.2, 0.25) is 0 Å². The normalized spacial score (nSPS) is 25.9. The zero-order valence-electron chi connectivity index (χ0n) is 11.2. The van der Waals surface area contributed by atoms with Crippen LogP contribution in [0.5, 0.6) is 0 Å². The molecule has 1 aliphatic rings. The molecular weight excluding hydrogens is 212 g/mol. The van der Waals surface area contributed by atoms with Crippen molar-refractivity contribution in [2.24, 2.45) is 0 Å². The van der Waals surface area contributed by atoms with Crippen molar-refractivity contribution in [1.29, 1.82) is 0 Å². The van der Waals surface area contributed by atoms with Gasteiger partial charge in [-0.3, -0.25) is 4.68 Å². The van der Waals surface area contributed by atoms with Crippen molar-refractivity contribution in [3.8, 4) is 0 Å². The molecule has 3 heteroatoms. The average Bonchev–Trinajstić information content (AvgIpc) is 2.48. The minimum Gasteiger partial charge on any atom is -0.391 e. The highest BCUT2D eigenvalue weighted by atomic mass is 16.3. The van der Waals surface area contributed by atoms with E-state index in [1.807, 2.05) is 0 Å². The number of aryl methyl sites for hydroxylation is 1. The highest BCUT2D eigenvalue weighted by Crippen LogP contribution is 2.29. The van der Waals surface area contributed by atoms with Crippen molar-refractivity contribution >= 4 is 0 Å². The quantitative estimate of drug-likeness (QED) is 0.802. The Balaban J connectivity index is 2.31. The Bertz CT molecular complexity index is 384. The first-order chi connectivity index (χ1) is 8.15. The molecule has 0 aromatic carbocycles. The number of aliphatic hydroxyl groups excluding tert-OH is 1. The van der Waals surface area contributed by atoms with Crippen LogP contribution in [0.1, 0.15) is 62.0 Å². The Kier molecular flexibility index (Phi) is 3.87. The van der Waals surface area contributed by atoms with E-state index in [0.717, 1.165) is 31.4 Å². The van der Waals surface area contributed by atoms with Crippen molar-refractivity contribution < 1.29 is 5.11 Å². The molecule has 96 valence electrons. The number of aromatic nitrogens is 2. The van der Waals surface area contributed by atoms with Crippen molar-refractivity contribution in [2.75, 3.05) is 0 Å². The van der Waals surface area contributed by atoms with Gasteiger partial charge in [0.25, 0.3) is 0 Å². The molecule has 1 saturated carbocycles. The summed E-state index contributed by atoms with van der Waals surface area (Å²) in [5.74, 6) is 0. The predicted octanol–water partition coefficient (Wildman–Crippen LogP) is 2.93. The van der Waals surface area contributed by atoms with Crippen molar-refractivity contribution in [3.63, 3.8) is 0 Å². The molecule has 1 aromatic heterocycles. The lowest BCUT2D eigenvalue weighted by Crippen LogP contribution is -2.25. The van der Waals surface area contributed by atoms with E-state index in [2.05, 4.69) is 30.6 Å². The van der Waals surface area contributed by atoms with Gasteiger partial charge in [-0.15, -0.1) is 0 Å². The van der Waals surface area contributed by atoms with E-state index in [4.69, 9.17) is 0 Å². The summed E-state index contributed by atoms with van der Waals surface area (Å²) in [6.07, 6.45) is 6.39. The molecule has 17 heavy (non-hydrogen) atoms. The molecule has 1 fully saturated rings. The largest absolute Gasteiger partial charge is 0.391 e. The zero-order valence-corrected chi connectivity index (χ0v) is 11.2. The fraction of sp³-hybridized carbons (Fsp3) is 0.786. The lowest BCUT2D eigenvalue weighted by Gasteiger charge is -2.22. The number of hydrogen-bond donors (Lipinski definition) is 1. The van der Waals surface area contributed by atoms with E-state index >= 15 is 0 Å². The van der Waals surface area contributed by atoms with Gasteiger partial charge in [-0.1, -0.05) is 26.2 Å². The van der Waals surface area contributed by atoms with Gasteiger partial charge in [-0.2, -0.15) is 5.10 Å². The van der Waals surface area contributed by atoms with Crippen molar-refractivity contribution in [3.05, 3.63) is 17.0 Å². The predicted molar refractivity (Wildman–Crippen MR) is 69.2 cm³/mol. The number of aliphatic hydroxyl groups is 1. The first kappa shape index (κ1) is 12.6. The second-order valence-corrected chi connectivity index (χ2v) is 5.22. The molecule has 1 heterocycles. The number of nitrogens with zero attached hydrogens (tertiary/aromatic N) is 2. The maximum Gasteiger partial charge on any atom is 0.0781 e. The van der Waals surface area contributed by atoms with Gasteiger partial charge in [0.05, 0.1) is 17.8 Å². The molecule has 0 radical (unpaired) electrons. The first-order valence-corrected chi connectivity index (χ1v) is 6.87. The lowest BCUT2D eigenvalue weighted by molar-refractivity contribution is 0.0977. The third-order valence-corrected chi connectivity index (χ3v) is 4.09. The summed E-state index contributed by atoms with van der Waals surface area (Å²) < 4.78 is 2.09.